The van der Waals surface area contributed by atoms with Gasteiger partial charge in [-0.2, -0.15) is 13.2 Å². The lowest BCUT2D eigenvalue weighted by Gasteiger charge is -2.12. The Morgan fingerprint density at radius 1 is 1.09 bits per heavy atom. The van der Waals surface area contributed by atoms with Crippen molar-refractivity contribution >= 4 is 22.6 Å². The van der Waals surface area contributed by atoms with Crippen molar-refractivity contribution in [2.75, 3.05) is 0 Å². The number of alkyl halides is 3. The van der Waals surface area contributed by atoms with Crippen LogP contribution in [-0.4, -0.2) is 20.6 Å². The molecule has 0 radical (unpaired) electrons. The van der Waals surface area contributed by atoms with Crippen LogP contribution < -0.4 is 4.74 Å². The molecule has 0 unspecified atom stereocenters. The van der Waals surface area contributed by atoms with E-state index in [1.807, 2.05) is 30.3 Å². The Kier molecular flexibility index (Phi) is 4.92. The second-order valence-corrected chi connectivity index (χ2v) is 7.68. The lowest BCUT2D eigenvalue weighted by Crippen LogP contribution is -2.05. The van der Waals surface area contributed by atoms with Crippen LogP contribution in [0.25, 0.3) is 16.6 Å². The van der Waals surface area contributed by atoms with E-state index < -0.39 is 17.7 Å². The van der Waals surface area contributed by atoms with Gasteiger partial charge in [0.15, 0.2) is 0 Å². The van der Waals surface area contributed by atoms with E-state index in [-0.39, 0.29) is 12.1 Å². The lowest BCUT2D eigenvalue weighted by molar-refractivity contribution is -0.137. The van der Waals surface area contributed by atoms with Gasteiger partial charge < -0.3 is 14.4 Å². The van der Waals surface area contributed by atoms with Crippen LogP contribution in [0.5, 0.6) is 5.75 Å². The van der Waals surface area contributed by atoms with Crippen LogP contribution in [-0.2, 0) is 19.3 Å². The summed E-state index contributed by atoms with van der Waals surface area (Å²) in [5.41, 5.74) is 3.35. The third-order valence-electron chi connectivity index (χ3n) is 5.65. The predicted octanol–water partition coefficient (Wildman–Crippen LogP) is 5.78. The largest absolute Gasteiger partial charge is 0.488 e. The van der Waals surface area contributed by atoms with Crippen molar-refractivity contribution in [3.8, 4) is 5.75 Å². The topological polar surface area (TPSA) is 64.3 Å². The second-order valence-electron chi connectivity index (χ2n) is 7.68. The number of halogens is 3. The predicted molar refractivity (Wildman–Crippen MR) is 116 cm³/mol. The van der Waals surface area contributed by atoms with Gasteiger partial charge in [0.05, 0.1) is 28.5 Å². The van der Waals surface area contributed by atoms with Crippen LogP contribution in [0.3, 0.4) is 0 Å². The average molecular weight is 450 g/mol. The van der Waals surface area contributed by atoms with Crippen molar-refractivity contribution in [3.63, 3.8) is 0 Å². The minimum atomic E-state index is -4.45. The summed E-state index contributed by atoms with van der Waals surface area (Å²) in [4.78, 5) is 15.8. The maximum Gasteiger partial charge on any atom is 0.416 e. The van der Waals surface area contributed by atoms with Crippen molar-refractivity contribution < 1.29 is 27.8 Å². The third kappa shape index (κ3) is 3.84. The summed E-state index contributed by atoms with van der Waals surface area (Å²) in [5.74, 6) is -0.521. The molecule has 5 nitrogen and oxygen atoms in total. The monoisotopic (exact) mass is 450 g/mol. The molecule has 166 valence electrons. The number of ether oxygens (including phenoxy) is 1. The summed E-state index contributed by atoms with van der Waals surface area (Å²) in [6.45, 7) is 0.550. The molecule has 0 saturated heterocycles. The van der Waals surface area contributed by atoms with E-state index in [0.29, 0.717) is 29.0 Å². The van der Waals surface area contributed by atoms with Crippen LogP contribution in [0.4, 0.5) is 13.2 Å². The van der Waals surface area contributed by atoms with Gasteiger partial charge in [-0.05, 0) is 53.1 Å². The van der Waals surface area contributed by atoms with Gasteiger partial charge in [-0.1, -0.05) is 30.3 Å². The summed E-state index contributed by atoms with van der Waals surface area (Å²) in [5, 5.41) is 9.46. The minimum Gasteiger partial charge on any atom is -0.488 e. The lowest BCUT2D eigenvalue weighted by atomic mass is 9.93. The van der Waals surface area contributed by atoms with E-state index in [1.165, 1.54) is 18.5 Å². The van der Waals surface area contributed by atoms with Crippen LogP contribution >= 0.6 is 0 Å². The standard InChI is InChI=1S/C25H17F3N2O3/c26-25(27,28)17-6-7-21-22(12-17)30(14-29-21)10-9-19-18-4-2-1-3-16(18)13-33-23-8-5-15(24(31)32)11-20(19)23/h1-9,11-12,14H,10,13H2,(H,31,32). The fourth-order valence-electron chi connectivity index (χ4n) is 4.00. The molecule has 33 heavy (non-hydrogen) atoms. The van der Waals surface area contributed by atoms with E-state index in [1.54, 1.807) is 16.7 Å². The number of imidazole rings is 1. The Bertz CT molecular complexity index is 1420. The molecule has 0 amide bonds. The quantitative estimate of drug-likeness (QED) is 0.430. The second kappa shape index (κ2) is 7.81. The molecule has 1 N–H and O–H groups in total. The number of carboxylic acids is 1. The number of aromatic carboxylic acids is 1. The van der Waals surface area contributed by atoms with Crippen LogP contribution in [0.2, 0.25) is 0 Å². The molecule has 1 aromatic heterocycles. The Hall–Kier alpha value is -4.07. The van der Waals surface area contributed by atoms with Crippen LogP contribution in [0.15, 0.2) is 73.1 Å². The number of aromatic nitrogens is 2. The van der Waals surface area contributed by atoms with Crippen molar-refractivity contribution in [2.24, 2.45) is 0 Å². The van der Waals surface area contributed by atoms with Crippen molar-refractivity contribution in [3.05, 3.63) is 101 Å². The number of fused-ring (bicyclic) bond motifs is 3. The molecule has 2 heterocycles. The van der Waals surface area contributed by atoms with E-state index in [9.17, 15) is 23.1 Å². The summed E-state index contributed by atoms with van der Waals surface area (Å²) < 4.78 is 47.2. The number of nitrogens with zero attached hydrogens (tertiary/aromatic N) is 2. The highest BCUT2D eigenvalue weighted by atomic mass is 19.4. The first-order valence-corrected chi connectivity index (χ1v) is 10.1. The molecular formula is C25H17F3N2O3. The highest BCUT2D eigenvalue weighted by molar-refractivity contribution is 5.92. The molecule has 4 aromatic rings. The molecule has 8 heteroatoms. The Labute approximate surface area is 186 Å². The van der Waals surface area contributed by atoms with Gasteiger partial charge in [0, 0.05) is 12.1 Å². The number of rotatable bonds is 3. The fourth-order valence-corrected chi connectivity index (χ4v) is 4.00. The molecule has 0 spiro atoms. The van der Waals surface area contributed by atoms with Crippen molar-refractivity contribution in [2.45, 2.75) is 19.3 Å². The maximum atomic E-state index is 13.2. The zero-order valence-electron chi connectivity index (χ0n) is 17.1. The van der Waals surface area contributed by atoms with Gasteiger partial charge in [-0.3, -0.25) is 0 Å². The number of hydrogen-bond donors (Lipinski definition) is 1. The van der Waals surface area contributed by atoms with E-state index >= 15 is 0 Å². The number of allylic oxidation sites excluding steroid dienone is 1. The Morgan fingerprint density at radius 2 is 1.91 bits per heavy atom. The molecule has 0 aliphatic carbocycles. The molecule has 0 fully saturated rings. The normalized spacial score (nSPS) is 14.5. The molecule has 1 aliphatic heterocycles. The summed E-state index contributed by atoms with van der Waals surface area (Å²) in [7, 11) is 0. The average Bonchev–Trinajstić information content (AvgIpc) is 3.13. The third-order valence-corrected chi connectivity index (χ3v) is 5.65. The summed E-state index contributed by atoms with van der Waals surface area (Å²) in [6.07, 6.45) is -1.10. The Balaban J connectivity index is 1.64. The smallest absolute Gasteiger partial charge is 0.416 e. The fraction of sp³-hybridized carbons (Fsp3) is 0.120. The molecule has 0 bridgehead atoms. The highest BCUT2D eigenvalue weighted by Crippen LogP contribution is 2.38. The number of carboxylic acid groups (broad SMARTS) is 1. The van der Waals surface area contributed by atoms with Crippen molar-refractivity contribution in [1.82, 2.24) is 9.55 Å². The number of hydrogen-bond acceptors (Lipinski definition) is 3. The molecule has 0 saturated carbocycles. The molecule has 1 aliphatic rings. The zero-order valence-corrected chi connectivity index (χ0v) is 17.1. The SMILES string of the molecule is O=C(O)c1ccc2c(c1)C(=CCn1cnc3ccc(C(F)(F)F)cc31)c1ccccc1CO2. The van der Waals surface area contributed by atoms with Gasteiger partial charge in [0.25, 0.3) is 0 Å². The minimum absolute atomic E-state index is 0.116. The van der Waals surface area contributed by atoms with E-state index in [0.717, 1.165) is 28.8 Å². The number of carbonyl (C=O) groups is 1. The van der Waals surface area contributed by atoms with Gasteiger partial charge in [0.2, 0.25) is 0 Å². The summed E-state index contributed by atoms with van der Waals surface area (Å²) in [6, 6.07) is 15.7. The molecule has 0 atom stereocenters. The Morgan fingerprint density at radius 3 is 2.70 bits per heavy atom. The highest BCUT2D eigenvalue weighted by Gasteiger charge is 2.31. The van der Waals surface area contributed by atoms with Gasteiger partial charge in [0.1, 0.15) is 12.4 Å². The van der Waals surface area contributed by atoms with Gasteiger partial charge >= 0.3 is 12.1 Å². The van der Waals surface area contributed by atoms with Crippen molar-refractivity contribution in [1.29, 1.82) is 0 Å². The first-order valence-electron chi connectivity index (χ1n) is 10.1. The maximum absolute atomic E-state index is 13.2. The first-order chi connectivity index (χ1) is 15.8. The van der Waals surface area contributed by atoms with Crippen LogP contribution in [0, 0.1) is 0 Å². The zero-order chi connectivity index (χ0) is 23.2. The molecular weight excluding hydrogens is 433 g/mol. The van der Waals surface area contributed by atoms with Crippen LogP contribution in [0.1, 0.15) is 32.6 Å². The first kappa shape index (κ1) is 20.8. The van der Waals surface area contributed by atoms with Gasteiger partial charge in [-0.25, -0.2) is 9.78 Å². The van der Waals surface area contributed by atoms with Gasteiger partial charge in [-0.15, -0.1) is 0 Å². The van der Waals surface area contributed by atoms with E-state index in [2.05, 4.69) is 4.98 Å². The number of benzene rings is 3. The molecule has 5 rings (SSSR count). The summed E-state index contributed by atoms with van der Waals surface area (Å²) >= 11 is 0. The van der Waals surface area contributed by atoms with E-state index in [4.69, 9.17) is 4.74 Å². The molecule has 3 aromatic carbocycles.